The maximum absolute atomic E-state index is 12.6. The van der Waals surface area contributed by atoms with Gasteiger partial charge in [0.1, 0.15) is 13.2 Å². The van der Waals surface area contributed by atoms with E-state index in [1.54, 1.807) is 18.2 Å². The molecule has 0 radical (unpaired) electrons. The van der Waals surface area contributed by atoms with Crippen LogP contribution in [0.25, 0.3) is 0 Å². The minimum Gasteiger partial charge on any atom is -0.486 e. The van der Waals surface area contributed by atoms with Gasteiger partial charge in [0.05, 0.1) is 18.0 Å². The van der Waals surface area contributed by atoms with Crippen LogP contribution in [0.5, 0.6) is 11.5 Å². The number of piperidine rings is 1. The van der Waals surface area contributed by atoms with Crippen molar-refractivity contribution in [1.29, 1.82) is 0 Å². The van der Waals surface area contributed by atoms with Crippen molar-refractivity contribution >= 4 is 27.3 Å². The van der Waals surface area contributed by atoms with Gasteiger partial charge < -0.3 is 19.7 Å². The van der Waals surface area contributed by atoms with E-state index >= 15 is 0 Å². The maximum Gasteiger partial charge on any atom is 0.232 e. The lowest BCUT2D eigenvalue weighted by Crippen LogP contribution is -2.34. The molecule has 1 fully saturated rings. The summed E-state index contributed by atoms with van der Waals surface area (Å²) in [4.78, 5) is 15.0. The topological polar surface area (TPSA) is 88.2 Å². The normalized spacial score (nSPS) is 18.4. The SMILES string of the molecule is C[C@@H]1CCCN(c2ccc([C@@H](C)NC(=O)CCCN(c3ccc4c(c3)OCCO4)S(C)(=O)=O)cc2)C1. The number of hydrogen-bond acceptors (Lipinski definition) is 6. The molecule has 36 heavy (non-hydrogen) atoms. The molecule has 1 N–H and O–H groups in total. The molecule has 2 heterocycles. The van der Waals surface area contributed by atoms with Crippen LogP contribution in [-0.4, -0.2) is 53.4 Å². The molecule has 1 amide bonds. The third kappa shape index (κ3) is 6.63. The molecule has 2 aliphatic rings. The number of rotatable bonds is 9. The number of amides is 1. The summed E-state index contributed by atoms with van der Waals surface area (Å²) in [5.74, 6) is 1.74. The highest BCUT2D eigenvalue weighted by molar-refractivity contribution is 7.92. The quantitative estimate of drug-likeness (QED) is 0.541. The van der Waals surface area contributed by atoms with Gasteiger partial charge in [-0.3, -0.25) is 9.10 Å². The maximum atomic E-state index is 12.6. The van der Waals surface area contributed by atoms with E-state index in [1.165, 1.54) is 29.1 Å². The van der Waals surface area contributed by atoms with Crippen LogP contribution in [-0.2, 0) is 14.8 Å². The Hall–Kier alpha value is -2.94. The van der Waals surface area contributed by atoms with Gasteiger partial charge in [0.2, 0.25) is 15.9 Å². The molecule has 0 aromatic heterocycles. The lowest BCUT2D eigenvalue weighted by molar-refractivity contribution is -0.121. The average molecular weight is 516 g/mol. The highest BCUT2D eigenvalue weighted by Gasteiger charge is 2.21. The van der Waals surface area contributed by atoms with Crippen molar-refractivity contribution < 1.29 is 22.7 Å². The number of fused-ring (bicyclic) bond motifs is 1. The molecule has 8 nitrogen and oxygen atoms in total. The largest absolute Gasteiger partial charge is 0.486 e. The number of carbonyl (C=O) groups excluding carboxylic acids is 1. The number of benzene rings is 2. The van der Waals surface area contributed by atoms with Crippen LogP contribution >= 0.6 is 0 Å². The van der Waals surface area contributed by atoms with Gasteiger partial charge in [-0.25, -0.2) is 8.42 Å². The summed E-state index contributed by atoms with van der Waals surface area (Å²) >= 11 is 0. The number of anilines is 2. The van der Waals surface area contributed by atoms with Gasteiger partial charge in [-0.1, -0.05) is 19.1 Å². The van der Waals surface area contributed by atoms with Gasteiger partial charge in [0.25, 0.3) is 0 Å². The Morgan fingerprint density at radius 1 is 1.14 bits per heavy atom. The fourth-order valence-corrected chi connectivity index (χ4v) is 5.81. The second-order valence-corrected chi connectivity index (χ2v) is 11.7. The lowest BCUT2D eigenvalue weighted by atomic mass is 9.99. The van der Waals surface area contributed by atoms with Crippen molar-refractivity contribution in [3.05, 3.63) is 48.0 Å². The van der Waals surface area contributed by atoms with Crippen LogP contribution < -0.4 is 24.0 Å². The summed E-state index contributed by atoms with van der Waals surface area (Å²) < 4.78 is 37.3. The van der Waals surface area contributed by atoms with Gasteiger partial charge in [-0.15, -0.1) is 0 Å². The molecule has 9 heteroatoms. The molecule has 4 rings (SSSR count). The van der Waals surface area contributed by atoms with E-state index in [0.717, 1.165) is 18.7 Å². The molecule has 2 aromatic carbocycles. The predicted octanol–water partition coefficient (Wildman–Crippen LogP) is 4.12. The summed E-state index contributed by atoms with van der Waals surface area (Å²) in [5.41, 5.74) is 2.77. The predicted molar refractivity (Wildman–Crippen MR) is 142 cm³/mol. The van der Waals surface area contributed by atoms with E-state index in [2.05, 4.69) is 41.4 Å². The third-order valence-electron chi connectivity index (χ3n) is 6.77. The standard InChI is InChI=1S/C27H37N3O5S/c1-20-6-4-14-29(19-20)23-10-8-22(9-11-23)21(2)28-27(31)7-5-15-30(36(3,32)33)24-12-13-25-26(18-24)35-17-16-34-25/h8-13,18,20-21H,4-7,14-17,19H2,1-3H3,(H,28,31)/t20-,21-/m1/s1. The number of nitrogens with zero attached hydrogens (tertiary/aromatic N) is 2. The smallest absolute Gasteiger partial charge is 0.232 e. The van der Waals surface area contributed by atoms with E-state index in [1.807, 2.05) is 6.92 Å². The molecule has 2 atom stereocenters. The molecule has 1 saturated heterocycles. The Morgan fingerprint density at radius 3 is 2.56 bits per heavy atom. The third-order valence-corrected chi connectivity index (χ3v) is 7.97. The Labute approximate surface area is 214 Å². The number of ether oxygens (including phenoxy) is 2. The van der Waals surface area contributed by atoms with Crippen molar-refractivity contribution in [2.24, 2.45) is 5.92 Å². The average Bonchev–Trinajstić information content (AvgIpc) is 2.85. The highest BCUT2D eigenvalue weighted by atomic mass is 32.2. The number of carbonyl (C=O) groups is 1. The molecule has 0 unspecified atom stereocenters. The first-order valence-electron chi connectivity index (χ1n) is 12.7. The van der Waals surface area contributed by atoms with Crippen LogP contribution in [0.15, 0.2) is 42.5 Å². The van der Waals surface area contributed by atoms with Crippen molar-refractivity contribution in [2.45, 2.75) is 45.6 Å². The number of hydrogen-bond donors (Lipinski definition) is 1. The minimum absolute atomic E-state index is 0.105. The second-order valence-electron chi connectivity index (χ2n) is 9.84. The molecule has 2 aliphatic heterocycles. The number of nitrogens with one attached hydrogen (secondary N) is 1. The first-order chi connectivity index (χ1) is 17.2. The molecule has 0 saturated carbocycles. The van der Waals surface area contributed by atoms with Crippen molar-refractivity contribution in [3.63, 3.8) is 0 Å². The van der Waals surface area contributed by atoms with E-state index in [9.17, 15) is 13.2 Å². The van der Waals surface area contributed by atoms with Crippen LogP contribution in [0, 0.1) is 5.92 Å². The lowest BCUT2D eigenvalue weighted by Gasteiger charge is -2.33. The van der Waals surface area contributed by atoms with E-state index in [4.69, 9.17) is 9.47 Å². The highest BCUT2D eigenvalue weighted by Crippen LogP contribution is 2.34. The minimum atomic E-state index is -3.52. The summed E-state index contributed by atoms with van der Waals surface area (Å²) in [6.45, 7) is 7.53. The summed E-state index contributed by atoms with van der Waals surface area (Å²) in [6.07, 6.45) is 4.30. The molecule has 196 valence electrons. The first kappa shape index (κ1) is 26.1. The Bertz CT molecular complexity index is 1150. The Balaban J connectivity index is 1.30. The summed E-state index contributed by atoms with van der Waals surface area (Å²) in [5, 5.41) is 3.04. The molecule has 0 spiro atoms. The van der Waals surface area contributed by atoms with Gasteiger partial charge in [0.15, 0.2) is 11.5 Å². The van der Waals surface area contributed by atoms with Gasteiger partial charge in [-0.2, -0.15) is 0 Å². The van der Waals surface area contributed by atoms with Crippen molar-refractivity contribution in [2.75, 3.05) is 48.3 Å². The fourth-order valence-electron chi connectivity index (χ4n) is 4.85. The molecular weight excluding hydrogens is 478 g/mol. The monoisotopic (exact) mass is 515 g/mol. The molecule has 0 aliphatic carbocycles. The van der Waals surface area contributed by atoms with Crippen LogP contribution in [0.2, 0.25) is 0 Å². The molecule has 2 aromatic rings. The fraction of sp³-hybridized carbons (Fsp3) is 0.519. The van der Waals surface area contributed by atoms with Gasteiger partial charge in [-0.05, 0) is 61.9 Å². The Morgan fingerprint density at radius 2 is 1.86 bits per heavy atom. The molecule has 0 bridgehead atoms. The summed E-state index contributed by atoms with van der Waals surface area (Å²) in [7, 11) is -3.52. The zero-order valence-corrected chi connectivity index (χ0v) is 22.2. The number of sulfonamides is 1. The van der Waals surface area contributed by atoms with E-state index in [-0.39, 0.29) is 24.9 Å². The molecular formula is C27H37N3O5S. The zero-order valence-electron chi connectivity index (χ0n) is 21.4. The van der Waals surface area contributed by atoms with E-state index in [0.29, 0.717) is 42.7 Å². The summed E-state index contributed by atoms with van der Waals surface area (Å²) in [6, 6.07) is 13.4. The zero-order chi connectivity index (χ0) is 25.7. The van der Waals surface area contributed by atoms with Gasteiger partial charge in [0, 0.05) is 37.8 Å². The first-order valence-corrected chi connectivity index (χ1v) is 14.6. The van der Waals surface area contributed by atoms with Crippen molar-refractivity contribution in [3.8, 4) is 11.5 Å². The van der Waals surface area contributed by atoms with E-state index < -0.39 is 10.0 Å². The van der Waals surface area contributed by atoms with Crippen LogP contribution in [0.4, 0.5) is 11.4 Å². The van der Waals surface area contributed by atoms with Crippen LogP contribution in [0.3, 0.4) is 0 Å². The van der Waals surface area contributed by atoms with Crippen molar-refractivity contribution in [1.82, 2.24) is 5.32 Å². The van der Waals surface area contributed by atoms with Crippen LogP contribution in [0.1, 0.15) is 51.1 Å². The second kappa shape index (κ2) is 11.4. The Kier molecular flexibility index (Phi) is 8.28. The van der Waals surface area contributed by atoms with Gasteiger partial charge >= 0.3 is 0 Å².